The molecule has 0 aromatic rings. The molecule has 0 aromatic carbocycles. The second-order valence-electron chi connectivity index (χ2n) is 1.17. The van der Waals surface area contributed by atoms with Crippen molar-refractivity contribution < 1.29 is 14.6 Å². The summed E-state index contributed by atoms with van der Waals surface area (Å²) in [5, 5.41) is 8.23. The lowest BCUT2D eigenvalue weighted by Crippen LogP contribution is -2.08. The van der Waals surface area contributed by atoms with Crippen molar-refractivity contribution in [2.75, 3.05) is 6.61 Å². The number of carboxylic acid groups (broad SMARTS) is 1. The van der Waals surface area contributed by atoms with Crippen LogP contribution >= 0.6 is 12.2 Å². The smallest absolute Gasteiger partial charge is 0.341 e. The number of hydrogen-bond acceptors (Lipinski definition) is 3. The van der Waals surface area contributed by atoms with Gasteiger partial charge in [-0.05, 0) is 12.2 Å². The third-order valence-electron chi connectivity index (χ3n) is 0.399. The topological polar surface area (TPSA) is 46.5 Å². The van der Waals surface area contributed by atoms with Gasteiger partial charge in [0.15, 0.2) is 11.7 Å². The van der Waals surface area contributed by atoms with E-state index < -0.39 is 5.97 Å². The molecule has 3 nitrogen and oxygen atoms in total. The number of carbonyl (C=O) groups is 1. The highest BCUT2D eigenvalue weighted by Crippen LogP contribution is 1.77. The van der Waals surface area contributed by atoms with Crippen LogP contribution in [0.3, 0.4) is 0 Å². The van der Waals surface area contributed by atoms with E-state index in [4.69, 9.17) is 5.11 Å². The molecule has 0 saturated carbocycles. The zero-order valence-electron chi connectivity index (χ0n) is 4.38. The molecular weight excluding hydrogens is 128 g/mol. The number of hydrogen-bond donors (Lipinski definition) is 1. The third kappa shape index (κ3) is 5.36. The molecule has 0 rings (SSSR count). The predicted octanol–water partition coefficient (Wildman–Crippen LogP) is 0.435. The van der Waals surface area contributed by atoms with Gasteiger partial charge >= 0.3 is 5.97 Å². The minimum atomic E-state index is -1.01. The maximum Gasteiger partial charge on any atom is 0.341 e. The van der Waals surface area contributed by atoms with Crippen LogP contribution in [0.2, 0.25) is 0 Å². The Bertz CT molecular complexity index is 95.9. The van der Waals surface area contributed by atoms with Crippen molar-refractivity contribution in [1.29, 1.82) is 0 Å². The van der Waals surface area contributed by atoms with Crippen molar-refractivity contribution in [2.45, 2.75) is 6.92 Å². The summed E-state index contributed by atoms with van der Waals surface area (Å²) in [6.07, 6.45) is 0. The highest BCUT2D eigenvalue weighted by atomic mass is 32.1. The lowest BCUT2D eigenvalue weighted by Gasteiger charge is -1.95. The van der Waals surface area contributed by atoms with Gasteiger partial charge in [-0.2, -0.15) is 0 Å². The van der Waals surface area contributed by atoms with Crippen LogP contribution in [0.1, 0.15) is 6.92 Å². The minimum absolute atomic E-state index is 0.257. The first-order chi connectivity index (χ1) is 3.63. The summed E-state index contributed by atoms with van der Waals surface area (Å²) in [5.41, 5.74) is 0. The summed E-state index contributed by atoms with van der Waals surface area (Å²) >= 11 is 4.43. The molecule has 0 fully saturated rings. The van der Waals surface area contributed by atoms with Gasteiger partial charge in [-0.3, -0.25) is 0 Å². The van der Waals surface area contributed by atoms with E-state index in [0.717, 1.165) is 0 Å². The van der Waals surface area contributed by atoms with Gasteiger partial charge in [0.05, 0.1) is 0 Å². The Labute approximate surface area is 52.3 Å². The van der Waals surface area contributed by atoms with E-state index in [1.807, 2.05) is 0 Å². The number of thiocarbonyl (C=S) groups is 1. The Kier molecular flexibility index (Phi) is 3.10. The second kappa shape index (κ2) is 3.37. The molecule has 1 N–H and O–H groups in total. The van der Waals surface area contributed by atoms with Crippen molar-refractivity contribution in [3.8, 4) is 0 Å². The molecule has 4 heteroatoms. The molecule has 0 saturated heterocycles. The van der Waals surface area contributed by atoms with Crippen LogP contribution in [0.4, 0.5) is 0 Å². The largest absolute Gasteiger partial charge is 0.479 e. The summed E-state index contributed by atoms with van der Waals surface area (Å²) in [6.45, 7) is 1.19. The molecular formula is C4H6O3S. The summed E-state index contributed by atoms with van der Waals surface area (Å²) in [6, 6.07) is 0. The third-order valence-corrected chi connectivity index (χ3v) is 0.517. The van der Waals surface area contributed by atoms with Gasteiger partial charge in [0.2, 0.25) is 0 Å². The summed E-state index contributed by atoms with van der Waals surface area (Å²) in [5.74, 6) is -1.01. The molecule has 0 radical (unpaired) electrons. The van der Waals surface area contributed by atoms with Crippen molar-refractivity contribution in [1.82, 2.24) is 0 Å². The van der Waals surface area contributed by atoms with Gasteiger partial charge in [0.1, 0.15) is 0 Å². The SMILES string of the molecule is CC(=S)OCC(=O)O. The predicted molar refractivity (Wildman–Crippen MR) is 31.9 cm³/mol. The lowest BCUT2D eigenvalue weighted by atomic mass is 10.7. The second-order valence-corrected chi connectivity index (χ2v) is 1.75. The fraction of sp³-hybridized carbons (Fsp3) is 0.500. The Morgan fingerprint density at radius 1 is 1.88 bits per heavy atom. The van der Waals surface area contributed by atoms with Crippen LogP contribution < -0.4 is 0 Å². The fourth-order valence-electron chi connectivity index (χ4n) is 0.163. The van der Waals surface area contributed by atoms with Crippen LogP contribution in [0.5, 0.6) is 0 Å². The molecule has 8 heavy (non-hydrogen) atoms. The van der Waals surface area contributed by atoms with Gasteiger partial charge in [-0.1, -0.05) is 0 Å². The standard InChI is InChI=1S/C4H6O3S/c1-3(8)7-2-4(5)6/h2H2,1H3,(H,5,6). The zero-order valence-corrected chi connectivity index (χ0v) is 5.20. The molecule has 0 aromatic heterocycles. The minimum Gasteiger partial charge on any atom is -0.479 e. The molecule has 0 heterocycles. The van der Waals surface area contributed by atoms with Gasteiger partial charge in [0, 0.05) is 6.92 Å². The number of aliphatic carboxylic acids is 1. The van der Waals surface area contributed by atoms with Gasteiger partial charge < -0.3 is 9.84 Å². The maximum absolute atomic E-state index is 9.72. The average Bonchev–Trinajstić information content (AvgIpc) is 1.61. The molecule has 0 aliphatic carbocycles. The summed E-state index contributed by atoms with van der Waals surface area (Å²) in [7, 11) is 0. The van der Waals surface area contributed by atoms with E-state index in [-0.39, 0.29) is 11.7 Å². The molecule has 46 valence electrons. The average molecular weight is 134 g/mol. The Morgan fingerprint density at radius 2 is 2.38 bits per heavy atom. The van der Waals surface area contributed by atoms with Crippen LogP contribution in [-0.4, -0.2) is 22.7 Å². The summed E-state index contributed by atoms with van der Waals surface area (Å²) < 4.78 is 4.44. The first-order valence-corrected chi connectivity index (χ1v) is 2.39. The van der Waals surface area contributed by atoms with Gasteiger partial charge in [0.25, 0.3) is 0 Å². The van der Waals surface area contributed by atoms with Gasteiger partial charge in [-0.15, -0.1) is 0 Å². The first kappa shape index (κ1) is 7.36. The fourth-order valence-corrected chi connectivity index (χ4v) is 0.222. The zero-order chi connectivity index (χ0) is 6.57. The number of rotatable bonds is 2. The van der Waals surface area contributed by atoms with Crippen LogP contribution in [0.15, 0.2) is 0 Å². The highest BCUT2D eigenvalue weighted by Gasteiger charge is 1.94. The molecule has 0 bridgehead atoms. The van der Waals surface area contributed by atoms with E-state index >= 15 is 0 Å². The first-order valence-electron chi connectivity index (χ1n) is 1.98. The van der Waals surface area contributed by atoms with E-state index in [1.54, 1.807) is 0 Å². The number of ether oxygens (including phenoxy) is 1. The molecule has 0 aliphatic rings. The normalized spacial score (nSPS) is 8.12. The van der Waals surface area contributed by atoms with Gasteiger partial charge in [-0.25, -0.2) is 4.79 Å². The van der Waals surface area contributed by atoms with E-state index in [9.17, 15) is 4.79 Å². The van der Waals surface area contributed by atoms with E-state index in [0.29, 0.717) is 0 Å². The molecule has 0 unspecified atom stereocenters. The summed E-state index contributed by atoms with van der Waals surface area (Å²) in [4.78, 5) is 9.72. The van der Waals surface area contributed by atoms with E-state index in [1.165, 1.54) is 6.92 Å². The molecule has 0 atom stereocenters. The Balaban J connectivity index is 3.18. The monoisotopic (exact) mass is 134 g/mol. The van der Waals surface area contributed by atoms with E-state index in [2.05, 4.69) is 17.0 Å². The highest BCUT2D eigenvalue weighted by molar-refractivity contribution is 7.80. The van der Waals surface area contributed by atoms with Crippen LogP contribution in [0.25, 0.3) is 0 Å². The number of carboxylic acids is 1. The lowest BCUT2D eigenvalue weighted by molar-refractivity contribution is -0.139. The van der Waals surface area contributed by atoms with Crippen molar-refractivity contribution in [3.63, 3.8) is 0 Å². The maximum atomic E-state index is 9.72. The van der Waals surface area contributed by atoms with Crippen molar-refractivity contribution in [2.24, 2.45) is 0 Å². The molecule has 0 amide bonds. The molecule has 0 spiro atoms. The van der Waals surface area contributed by atoms with Crippen LogP contribution in [0, 0.1) is 0 Å². The molecule has 0 aliphatic heterocycles. The Hall–Kier alpha value is -0.640. The quantitative estimate of drug-likeness (QED) is 0.556. The van der Waals surface area contributed by atoms with Crippen LogP contribution in [-0.2, 0) is 9.53 Å². The van der Waals surface area contributed by atoms with Crippen molar-refractivity contribution in [3.05, 3.63) is 0 Å². The Morgan fingerprint density at radius 3 is 2.50 bits per heavy atom. The van der Waals surface area contributed by atoms with Crippen molar-refractivity contribution >= 4 is 23.2 Å².